The van der Waals surface area contributed by atoms with Crippen molar-refractivity contribution in [1.29, 1.82) is 0 Å². The number of aliphatic hydroxyl groups is 1. The minimum Gasteiger partial charge on any atom is -0.444 e. The molecular weight excluding hydrogens is 434 g/mol. The van der Waals surface area contributed by atoms with E-state index in [-0.39, 0.29) is 25.0 Å². The fraction of sp³-hybridized carbons (Fsp3) is 0.654. The van der Waals surface area contributed by atoms with E-state index < -0.39 is 29.7 Å². The summed E-state index contributed by atoms with van der Waals surface area (Å²) in [6, 6.07) is 3.88. The zero-order valence-electron chi connectivity index (χ0n) is 22.0. The lowest BCUT2D eigenvalue weighted by molar-refractivity contribution is -0.143. The molecule has 1 aromatic carbocycles. The summed E-state index contributed by atoms with van der Waals surface area (Å²) < 4.78 is 5.35. The molecule has 0 spiro atoms. The molecular formula is C26H43N3O5. The third kappa shape index (κ3) is 8.97. The Kier molecular flexibility index (Phi) is 11.5. The van der Waals surface area contributed by atoms with Crippen LogP contribution in [0.15, 0.2) is 18.2 Å². The van der Waals surface area contributed by atoms with Gasteiger partial charge in [0.25, 0.3) is 0 Å². The molecule has 8 heteroatoms. The highest BCUT2D eigenvalue weighted by molar-refractivity contribution is 5.92. The van der Waals surface area contributed by atoms with Crippen molar-refractivity contribution in [1.82, 2.24) is 15.5 Å². The lowest BCUT2D eigenvalue weighted by atomic mass is 9.95. The van der Waals surface area contributed by atoms with E-state index >= 15 is 0 Å². The highest BCUT2D eigenvalue weighted by Gasteiger charge is 2.37. The number of carbonyl (C=O) groups is 3. The van der Waals surface area contributed by atoms with Crippen LogP contribution in [-0.4, -0.2) is 59.3 Å². The highest BCUT2D eigenvalue weighted by Crippen LogP contribution is 2.27. The summed E-state index contributed by atoms with van der Waals surface area (Å²) in [4.78, 5) is 41.0. The van der Waals surface area contributed by atoms with E-state index in [1.807, 2.05) is 52.8 Å². The van der Waals surface area contributed by atoms with Gasteiger partial charge in [0.2, 0.25) is 11.8 Å². The topological polar surface area (TPSA) is 108 Å². The summed E-state index contributed by atoms with van der Waals surface area (Å²) in [5, 5.41) is 15.4. The molecule has 3 amide bonds. The molecule has 3 N–H and O–H groups in total. The molecule has 1 aromatic rings. The van der Waals surface area contributed by atoms with Gasteiger partial charge in [-0.1, -0.05) is 51.0 Å². The van der Waals surface area contributed by atoms with Gasteiger partial charge in [0.15, 0.2) is 0 Å². The number of unbranched alkanes of at least 4 members (excludes halogenated alkanes) is 1. The molecule has 0 saturated heterocycles. The van der Waals surface area contributed by atoms with Crippen LogP contribution in [-0.2, 0) is 14.3 Å². The van der Waals surface area contributed by atoms with Gasteiger partial charge in [-0.25, -0.2) is 4.79 Å². The Morgan fingerprint density at radius 2 is 1.79 bits per heavy atom. The summed E-state index contributed by atoms with van der Waals surface area (Å²) in [5.74, 6) is -1.04. The van der Waals surface area contributed by atoms with Crippen molar-refractivity contribution in [3.63, 3.8) is 0 Å². The van der Waals surface area contributed by atoms with Crippen LogP contribution in [0.2, 0.25) is 0 Å². The van der Waals surface area contributed by atoms with Crippen LogP contribution in [0.3, 0.4) is 0 Å². The first-order chi connectivity index (χ1) is 15.8. The second-order valence-corrected chi connectivity index (χ2v) is 10.0. The summed E-state index contributed by atoms with van der Waals surface area (Å²) in [6.07, 6.45) is 1.02. The molecule has 0 saturated carbocycles. The van der Waals surface area contributed by atoms with Crippen molar-refractivity contribution in [3.05, 3.63) is 34.9 Å². The van der Waals surface area contributed by atoms with Crippen molar-refractivity contribution >= 4 is 17.9 Å². The lowest BCUT2D eigenvalue weighted by Gasteiger charge is -2.36. The van der Waals surface area contributed by atoms with Gasteiger partial charge >= 0.3 is 6.09 Å². The van der Waals surface area contributed by atoms with E-state index in [4.69, 9.17) is 4.74 Å². The standard InChI is InChI=1S/C26H43N3O5/c1-9-10-13-27-23(31)22(20-16-18(4)11-12-19(20)5)29(14-15-30)24(32)21(17(2)3)28-25(33)34-26(6,7)8/h11-12,16-17,21-22,30H,9-10,13-15H2,1-8H3,(H,27,31)(H,28,33). The Bertz CT molecular complexity index is 832. The average molecular weight is 478 g/mol. The van der Waals surface area contributed by atoms with Gasteiger partial charge < -0.3 is 25.4 Å². The second-order valence-electron chi connectivity index (χ2n) is 10.0. The van der Waals surface area contributed by atoms with Gasteiger partial charge in [-0.05, 0) is 58.1 Å². The SMILES string of the molecule is CCCCNC(=O)C(c1cc(C)ccc1C)N(CCO)C(=O)C(NC(=O)OC(C)(C)C)C(C)C. The van der Waals surface area contributed by atoms with Crippen LogP contribution < -0.4 is 10.6 Å². The predicted molar refractivity (Wildman–Crippen MR) is 133 cm³/mol. The first-order valence-corrected chi connectivity index (χ1v) is 12.1. The first kappa shape index (κ1) is 29.4. The normalized spacial score (nSPS) is 13.2. The minimum absolute atomic E-state index is 0.0582. The van der Waals surface area contributed by atoms with Crippen LogP contribution in [0.5, 0.6) is 0 Å². The van der Waals surface area contributed by atoms with Crippen LogP contribution in [0.4, 0.5) is 4.79 Å². The number of benzene rings is 1. The van der Waals surface area contributed by atoms with Gasteiger partial charge in [-0.15, -0.1) is 0 Å². The Labute approximate surface area is 204 Å². The zero-order chi connectivity index (χ0) is 26.1. The number of aryl methyl sites for hydroxylation is 2. The number of nitrogens with zero attached hydrogens (tertiary/aromatic N) is 1. The first-order valence-electron chi connectivity index (χ1n) is 12.1. The van der Waals surface area contributed by atoms with E-state index in [1.165, 1.54) is 4.90 Å². The number of alkyl carbamates (subject to hydrolysis) is 1. The Morgan fingerprint density at radius 3 is 2.32 bits per heavy atom. The molecule has 0 aromatic heterocycles. The van der Waals surface area contributed by atoms with Gasteiger partial charge in [-0.3, -0.25) is 9.59 Å². The quantitative estimate of drug-likeness (QED) is 0.422. The number of carbonyl (C=O) groups excluding carboxylic acids is 3. The summed E-state index contributed by atoms with van der Waals surface area (Å²) in [5.41, 5.74) is 1.78. The van der Waals surface area contributed by atoms with Gasteiger partial charge in [0.05, 0.1) is 6.61 Å². The molecule has 8 nitrogen and oxygen atoms in total. The summed E-state index contributed by atoms with van der Waals surface area (Å²) in [7, 11) is 0. The van der Waals surface area contributed by atoms with E-state index in [0.29, 0.717) is 12.1 Å². The largest absolute Gasteiger partial charge is 0.444 e. The number of aliphatic hydroxyl groups excluding tert-OH is 1. The monoisotopic (exact) mass is 477 g/mol. The molecule has 1 rings (SSSR count). The van der Waals surface area contributed by atoms with Crippen LogP contribution >= 0.6 is 0 Å². The van der Waals surface area contributed by atoms with Crippen LogP contribution in [0.1, 0.15) is 77.1 Å². The molecule has 192 valence electrons. The third-order valence-electron chi connectivity index (χ3n) is 5.35. The molecule has 0 aliphatic heterocycles. The average Bonchev–Trinajstić information content (AvgIpc) is 2.72. The van der Waals surface area contributed by atoms with Crippen LogP contribution in [0.25, 0.3) is 0 Å². The Morgan fingerprint density at radius 1 is 1.15 bits per heavy atom. The van der Waals surface area contributed by atoms with Crippen molar-refractivity contribution in [2.45, 2.75) is 85.9 Å². The van der Waals surface area contributed by atoms with Gasteiger partial charge in [0, 0.05) is 13.1 Å². The number of ether oxygens (including phenoxy) is 1. The predicted octanol–water partition coefficient (Wildman–Crippen LogP) is 3.63. The maximum absolute atomic E-state index is 13.8. The number of nitrogens with one attached hydrogen (secondary N) is 2. The molecule has 0 aliphatic carbocycles. The van der Waals surface area contributed by atoms with Crippen molar-refractivity contribution in [2.24, 2.45) is 5.92 Å². The fourth-order valence-electron chi connectivity index (χ4n) is 3.59. The Balaban J connectivity index is 3.43. The molecule has 0 bridgehead atoms. The summed E-state index contributed by atoms with van der Waals surface area (Å²) in [6.45, 7) is 14.8. The molecule has 2 atom stereocenters. The molecule has 2 unspecified atom stereocenters. The highest BCUT2D eigenvalue weighted by atomic mass is 16.6. The third-order valence-corrected chi connectivity index (χ3v) is 5.35. The second kappa shape index (κ2) is 13.3. The minimum atomic E-state index is -0.946. The zero-order valence-corrected chi connectivity index (χ0v) is 22.0. The summed E-state index contributed by atoms with van der Waals surface area (Å²) >= 11 is 0. The van der Waals surface area contributed by atoms with E-state index in [0.717, 1.165) is 24.0 Å². The number of rotatable bonds is 11. The molecule has 0 heterocycles. The molecule has 0 radical (unpaired) electrons. The van der Waals surface area contributed by atoms with E-state index in [2.05, 4.69) is 10.6 Å². The molecule has 0 fully saturated rings. The number of hydrogen-bond donors (Lipinski definition) is 3. The van der Waals surface area contributed by atoms with Crippen molar-refractivity contribution in [3.8, 4) is 0 Å². The van der Waals surface area contributed by atoms with Crippen molar-refractivity contribution < 1.29 is 24.2 Å². The van der Waals surface area contributed by atoms with Crippen LogP contribution in [0, 0.1) is 19.8 Å². The lowest BCUT2D eigenvalue weighted by Crippen LogP contribution is -2.55. The number of amides is 3. The molecule has 0 aliphatic rings. The van der Waals surface area contributed by atoms with Crippen molar-refractivity contribution in [2.75, 3.05) is 19.7 Å². The maximum Gasteiger partial charge on any atom is 0.408 e. The smallest absolute Gasteiger partial charge is 0.408 e. The molecule has 34 heavy (non-hydrogen) atoms. The Hall–Kier alpha value is -2.61. The maximum atomic E-state index is 13.8. The van der Waals surface area contributed by atoms with Gasteiger partial charge in [0.1, 0.15) is 17.7 Å². The van der Waals surface area contributed by atoms with Gasteiger partial charge in [-0.2, -0.15) is 0 Å². The van der Waals surface area contributed by atoms with E-state index in [9.17, 15) is 19.5 Å². The van der Waals surface area contributed by atoms with E-state index in [1.54, 1.807) is 20.8 Å². The number of hydrogen-bond acceptors (Lipinski definition) is 5. The fourth-order valence-corrected chi connectivity index (χ4v) is 3.59.